The van der Waals surface area contributed by atoms with Gasteiger partial charge >= 0.3 is 0 Å². The summed E-state index contributed by atoms with van der Waals surface area (Å²) in [5.74, 6) is 2.15. The van der Waals surface area contributed by atoms with Gasteiger partial charge < -0.3 is 10.2 Å². The van der Waals surface area contributed by atoms with Crippen LogP contribution < -0.4 is 10.2 Å². The van der Waals surface area contributed by atoms with E-state index in [0.29, 0.717) is 6.04 Å². The molecule has 118 valence electrons. The fraction of sp³-hybridized carbons (Fsp3) is 0.765. The predicted octanol–water partition coefficient (Wildman–Crippen LogP) is 4.02. The minimum absolute atomic E-state index is 0.632. The largest absolute Gasteiger partial charge is 0.370 e. The molecule has 1 aromatic heterocycles. The molecule has 0 radical (unpaired) electrons. The zero-order valence-corrected chi connectivity index (χ0v) is 13.9. The summed E-state index contributed by atoms with van der Waals surface area (Å²) >= 11 is 0. The lowest BCUT2D eigenvalue weighted by Gasteiger charge is -2.30. The van der Waals surface area contributed by atoms with Gasteiger partial charge in [-0.2, -0.15) is 0 Å². The van der Waals surface area contributed by atoms with Crippen LogP contribution in [0.3, 0.4) is 0 Å². The third-order valence-electron chi connectivity index (χ3n) is 4.47. The fourth-order valence-electron chi connectivity index (χ4n) is 3.33. The number of hydrogen-bond acceptors (Lipinski definition) is 4. The third kappa shape index (κ3) is 4.08. The average Bonchev–Trinajstić information content (AvgIpc) is 2.78. The number of rotatable bonds is 6. The standard InChI is InChI=1S/C17H30N4/c1-4-10-15-16(18-5-2)19-13-20-17(15)21(3)14-11-8-6-7-9-12-14/h13-14H,4-12H2,1-3H3,(H,18,19,20). The Balaban J connectivity index is 2.25. The predicted molar refractivity (Wildman–Crippen MR) is 90.1 cm³/mol. The van der Waals surface area contributed by atoms with E-state index in [1.165, 1.54) is 44.1 Å². The maximum absolute atomic E-state index is 4.62. The molecule has 21 heavy (non-hydrogen) atoms. The van der Waals surface area contributed by atoms with Crippen molar-refractivity contribution in [1.82, 2.24) is 9.97 Å². The van der Waals surface area contributed by atoms with Crippen molar-refractivity contribution < 1.29 is 0 Å². The summed E-state index contributed by atoms with van der Waals surface area (Å²) in [4.78, 5) is 11.5. The summed E-state index contributed by atoms with van der Waals surface area (Å²) in [6, 6.07) is 0.632. The van der Waals surface area contributed by atoms with Gasteiger partial charge in [0.05, 0.1) is 0 Å². The average molecular weight is 290 g/mol. The molecule has 1 N–H and O–H groups in total. The molecule has 4 heteroatoms. The SMILES string of the molecule is CCCc1c(NCC)ncnc1N(C)C1CCCCCC1. The van der Waals surface area contributed by atoms with Gasteiger partial charge in [0, 0.05) is 25.2 Å². The lowest BCUT2D eigenvalue weighted by atomic mass is 10.1. The minimum Gasteiger partial charge on any atom is -0.370 e. The molecule has 0 unspecified atom stereocenters. The highest BCUT2D eigenvalue weighted by atomic mass is 15.2. The summed E-state index contributed by atoms with van der Waals surface area (Å²) in [5.41, 5.74) is 1.29. The minimum atomic E-state index is 0.632. The first-order valence-corrected chi connectivity index (χ1v) is 8.58. The van der Waals surface area contributed by atoms with E-state index in [4.69, 9.17) is 0 Å². The second kappa shape index (κ2) is 8.20. The molecule has 2 rings (SSSR count). The van der Waals surface area contributed by atoms with Gasteiger partial charge in [0.15, 0.2) is 0 Å². The first-order valence-electron chi connectivity index (χ1n) is 8.58. The van der Waals surface area contributed by atoms with Crippen LogP contribution in [-0.2, 0) is 6.42 Å². The van der Waals surface area contributed by atoms with Gasteiger partial charge in [0.1, 0.15) is 18.0 Å². The van der Waals surface area contributed by atoms with E-state index < -0.39 is 0 Å². The lowest BCUT2D eigenvalue weighted by molar-refractivity contribution is 0.547. The number of nitrogens with zero attached hydrogens (tertiary/aromatic N) is 3. The quantitative estimate of drug-likeness (QED) is 0.803. The maximum Gasteiger partial charge on any atom is 0.137 e. The van der Waals surface area contributed by atoms with Crippen LogP contribution >= 0.6 is 0 Å². The molecule has 0 bridgehead atoms. The van der Waals surface area contributed by atoms with Crippen LogP contribution in [0.15, 0.2) is 6.33 Å². The molecular weight excluding hydrogens is 260 g/mol. The lowest BCUT2D eigenvalue weighted by Crippen LogP contribution is -2.33. The molecule has 0 amide bonds. The van der Waals surface area contributed by atoms with Crippen molar-refractivity contribution in [3.8, 4) is 0 Å². The van der Waals surface area contributed by atoms with Crippen molar-refractivity contribution in [3.63, 3.8) is 0 Å². The van der Waals surface area contributed by atoms with Crippen LogP contribution in [-0.4, -0.2) is 29.6 Å². The van der Waals surface area contributed by atoms with E-state index in [9.17, 15) is 0 Å². The van der Waals surface area contributed by atoms with E-state index in [1.54, 1.807) is 6.33 Å². The molecule has 1 aliphatic rings. The van der Waals surface area contributed by atoms with Crippen LogP contribution in [0.25, 0.3) is 0 Å². The van der Waals surface area contributed by atoms with Crippen molar-refractivity contribution in [2.45, 2.75) is 71.3 Å². The maximum atomic E-state index is 4.62. The second-order valence-electron chi connectivity index (χ2n) is 6.06. The van der Waals surface area contributed by atoms with Crippen molar-refractivity contribution in [3.05, 3.63) is 11.9 Å². The summed E-state index contributed by atoms with van der Waals surface area (Å²) < 4.78 is 0. The highest BCUT2D eigenvalue weighted by Gasteiger charge is 2.21. The Bertz CT molecular complexity index is 425. The molecule has 0 aromatic carbocycles. The van der Waals surface area contributed by atoms with Gasteiger partial charge in [-0.15, -0.1) is 0 Å². The number of hydrogen-bond donors (Lipinski definition) is 1. The van der Waals surface area contributed by atoms with Crippen molar-refractivity contribution in [1.29, 1.82) is 0 Å². The van der Waals surface area contributed by atoms with E-state index in [0.717, 1.165) is 31.0 Å². The molecule has 0 atom stereocenters. The zero-order chi connectivity index (χ0) is 15.1. The topological polar surface area (TPSA) is 41.1 Å². The molecule has 1 aromatic rings. The number of nitrogens with one attached hydrogen (secondary N) is 1. The highest BCUT2D eigenvalue weighted by Crippen LogP contribution is 2.29. The van der Waals surface area contributed by atoms with Crippen molar-refractivity contribution in [2.24, 2.45) is 0 Å². The van der Waals surface area contributed by atoms with Gasteiger partial charge in [0.2, 0.25) is 0 Å². The van der Waals surface area contributed by atoms with Gasteiger partial charge in [-0.05, 0) is 26.2 Å². The molecule has 4 nitrogen and oxygen atoms in total. The van der Waals surface area contributed by atoms with E-state index in [1.807, 2.05) is 0 Å². The Morgan fingerprint density at radius 2 is 1.86 bits per heavy atom. The summed E-state index contributed by atoms with van der Waals surface area (Å²) in [5, 5.41) is 3.39. The van der Waals surface area contributed by atoms with Crippen LogP contribution in [0.5, 0.6) is 0 Å². The Labute approximate surface area is 129 Å². The molecule has 0 aliphatic heterocycles. The van der Waals surface area contributed by atoms with Crippen molar-refractivity contribution >= 4 is 11.6 Å². The Kier molecular flexibility index (Phi) is 6.27. The normalized spacial score (nSPS) is 16.5. The molecule has 0 saturated heterocycles. The summed E-state index contributed by atoms with van der Waals surface area (Å²) in [7, 11) is 2.22. The molecule has 1 saturated carbocycles. The van der Waals surface area contributed by atoms with Gasteiger partial charge in [0.25, 0.3) is 0 Å². The van der Waals surface area contributed by atoms with Crippen LogP contribution in [0.4, 0.5) is 11.6 Å². The van der Waals surface area contributed by atoms with E-state index in [-0.39, 0.29) is 0 Å². The summed E-state index contributed by atoms with van der Waals surface area (Å²) in [6.45, 7) is 5.24. The molecule has 1 fully saturated rings. The van der Waals surface area contributed by atoms with Crippen LogP contribution in [0, 0.1) is 0 Å². The Morgan fingerprint density at radius 1 is 1.14 bits per heavy atom. The Hall–Kier alpha value is -1.32. The van der Waals surface area contributed by atoms with Gasteiger partial charge in [-0.1, -0.05) is 39.0 Å². The monoisotopic (exact) mass is 290 g/mol. The Morgan fingerprint density at radius 3 is 2.48 bits per heavy atom. The van der Waals surface area contributed by atoms with Crippen LogP contribution in [0.2, 0.25) is 0 Å². The first kappa shape index (κ1) is 16.1. The molecule has 1 aliphatic carbocycles. The van der Waals surface area contributed by atoms with Gasteiger partial charge in [-0.3, -0.25) is 0 Å². The highest BCUT2D eigenvalue weighted by molar-refractivity contribution is 5.59. The van der Waals surface area contributed by atoms with Gasteiger partial charge in [-0.25, -0.2) is 9.97 Å². The fourth-order valence-corrected chi connectivity index (χ4v) is 3.33. The number of anilines is 2. The molecular formula is C17H30N4. The van der Waals surface area contributed by atoms with Crippen LogP contribution in [0.1, 0.15) is 64.4 Å². The zero-order valence-electron chi connectivity index (χ0n) is 13.9. The first-order chi connectivity index (χ1) is 10.3. The third-order valence-corrected chi connectivity index (χ3v) is 4.47. The summed E-state index contributed by atoms with van der Waals surface area (Å²) in [6.07, 6.45) is 11.9. The van der Waals surface area contributed by atoms with E-state index in [2.05, 4.69) is 41.1 Å². The molecule has 0 spiro atoms. The number of aromatic nitrogens is 2. The smallest absolute Gasteiger partial charge is 0.137 e. The second-order valence-corrected chi connectivity index (χ2v) is 6.06. The van der Waals surface area contributed by atoms with Crippen molar-refractivity contribution in [2.75, 3.05) is 23.8 Å². The van der Waals surface area contributed by atoms with E-state index >= 15 is 0 Å². The molecule has 1 heterocycles.